The lowest BCUT2D eigenvalue weighted by molar-refractivity contribution is -0.118. The highest BCUT2D eigenvalue weighted by atomic mass is 31.1. The molecule has 3 rings (SSSR count). The number of nitrogens with one attached hydrogen (secondary N) is 2. The predicted octanol–water partition coefficient (Wildman–Crippen LogP) is 1.44. The Hall–Kier alpha value is -2.43. The Kier molecular flexibility index (Phi) is 9.10. The maximum Gasteiger partial charge on any atom is 0.695 e. The Morgan fingerprint density at radius 2 is 2.29 bits per heavy atom. The van der Waals surface area contributed by atoms with E-state index in [0.29, 0.717) is 0 Å². The van der Waals surface area contributed by atoms with E-state index in [1.165, 1.54) is 4.57 Å². The summed E-state index contributed by atoms with van der Waals surface area (Å²) in [5, 5.41) is 10.9. The predicted molar refractivity (Wildman–Crippen MR) is 116 cm³/mol. The Labute approximate surface area is 194 Å². The van der Waals surface area contributed by atoms with Crippen molar-refractivity contribution in [1.29, 1.82) is 5.26 Å². The second-order valence-corrected chi connectivity index (χ2v) is 8.78. The lowest BCUT2D eigenvalue weighted by Gasteiger charge is -2.16. The summed E-state index contributed by atoms with van der Waals surface area (Å²) in [6, 6.07) is 1.90. The van der Waals surface area contributed by atoms with Gasteiger partial charge in [0, 0.05) is 10.5 Å². The summed E-state index contributed by atoms with van der Waals surface area (Å²) in [6.45, 7) is 3.18. The number of anilines is 1. The van der Waals surface area contributed by atoms with E-state index in [0.717, 1.165) is 6.33 Å². The van der Waals surface area contributed by atoms with Gasteiger partial charge in [-0.05, 0) is 0 Å². The molecule has 2 aromatic heterocycles. The summed E-state index contributed by atoms with van der Waals surface area (Å²) in [4.78, 5) is 44.2. The van der Waals surface area contributed by atoms with E-state index in [4.69, 9.17) is 23.6 Å². The number of nitriles is 1. The highest BCUT2D eigenvalue weighted by Gasteiger charge is 2.52. The Balaban J connectivity index is 1.85. The van der Waals surface area contributed by atoms with Crippen molar-refractivity contribution in [3.63, 3.8) is 0 Å². The third-order valence-electron chi connectivity index (χ3n) is 4.63. The van der Waals surface area contributed by atoms with E-state index in [-0.39, 0.29) is 42.7 Å². The molecule has 3 heterocycles. The lowest BCUT2D eigenvalue weighted by atomic mass is 10.1. The molecule has 0 aromatic carbocycles. The van der Waals surface area contributed by atoms with Crippen molar-refractivity contribution in [2.75, 3.05) is 18.5 Å². The van der Waals surface area contributed by atoms with Crippen LogP contribution in [-0.2, 0) is 27.7 Å². The normalized spacial score (nSPS) is 23.1. The van der Waals surface area contributed by atoms with E-state index in [9.17, 15) is 19.0 Å². The van der Waals surface area contributed by atoms with Gasteiger partial charge in [0.25, 0.3) is 5.56 Å². The fourth-order valence-electron chi connectivity index (χ4n) is 3.00. The van der Waals surface area contributed by atoms with Gasteiger partial charge in [-0.3, -0.25) is 24.5 Å². The first-order valence-corrected chi connectivity index (χ1v) is 11.9. The molecule has 2 aromatic rings. The van der Waals surface area contributed by atoms with Gasteiger partial charge in [0.05, 0.1) is 32.0 Å². The molecule has 2 unspecified atom stereocenters. The van der Waals surface area contributed by atoms with Gasteiger partial charge < -0.3 is 13.8 Å². The number of amides is 1. The minimum absolute atomic E-state index is 0.0648. The summed E-state index contributed by atoms with van der Waals surface area (Å²) in [5.74, 6) is -0.947. The molecule has 184 valence electrons. The summed E-state index contributed by atoms with van der Waals surface area (Å²) in [6.07, 6.45) is -4.67. The quantitative estimate of drug-likeness (QED) is 0.288. The van der Waals surface area contributed by atoms with Crippen LogP contribution in [-0.4, -0.2) is 61.9 Å². The minimum atomic E-state index is -3.20. The smallest absolute Gasteiger partial charge is 0.346 e. The fourth-order valence-corrected chi connectivity index (χ4v) is 3.93. The molecule has 3 N–H and O–H groups in total. The van der Waals surface area contributed by atoms with Crippen molar-refractivity contribution < 1.29 is 37.0 Å². The van der Waals surface area contributed by atoms with Gasteiger partial charge in [0.15, 0.2) is 38.7 Å². The van der Waals surface area contributed by atoms with Crippen LogP contribution in [0.4, 0.5) is 10.3 Å². The van der Waals surface area contributed by atoms with Gasteiger partial charge in [0.2, 0.25) is 11.9 Å². The largest absolute Gasteiger partial charge is 0.695 e. The van der Waals surface area contributed by atoms with Crippen molar-refractivity contribution in [2.24, 2.45) is 5.92 Å². The zero-order valence-electron chi connectivity index (χ0n) is 18.0. The molecule has 0 radical (unpaired) electrons. The van der Waals surface area contributed by atoms with Crippen LogP contribution in [0.3, 0.4) is 0 Å². The molecule has 1 amide bonds. The number of alkyl halides is 1. The maximum absolute atomic E-state index is 15.1. The number of ether oxygens (including phenoxy) is 1. The highest BCUT2D eigenvalue weighted by molar-refractivity contribution is 7.32. The average molecular weight is 519 g/mol. The summed E-state index contributed by atoms with van der Waals surface area (Å²) in [5.41, 5.74) is -0.857. The Morgan fingerprint density at radius 3 is 2.97 bits per heavy atom. The Morgan fingerprint density at radius 1 is 1.53 bits per heavy atom. The number of carbonyl (C=O) groups excluding carboxylic acids is 1. The molecular formula is C17H22FN6O8P2+. The van der Waals surface area contributed by atoms with E-state index in [1.54, 1.807) is 13.8 Å². The van der Waals surface area contributed by atoms with Crippen LogP contribution in [0.15, 0.2) is 11.1 Å². The number of imidazole rings is 1. The first-order valence-electron chi connectivity index (χ1n) is 9.98. The number of fused-ring (bicyclic) bond motifs is 1. The van der Waals surface area contributed by atoms with E-state index in [2.05, 4.69) is 20.3 Å². The zero-order chi connectivity index (χ0) is 24.8. The number of rotatable bonds is 11. The molecule has 1 fully saturated rings. The van der Waals surface area contributed by atoms with Crippen molar-refractivity contribution in [2.45, 2.75) is 44.9 Å². The Bertz CT molecular complexity index is 1140. The van der Waals surface area contributed by atoms with Crippen LogP contribution in [0.1, 0.15) is 26.5 Å². The summed E-state index contributed by atoms with van der Waals surface area (Å²) in [7, 11) is -3.68. The van der Waals surface area contributed by atoms with Crippen molar-refractivity contribution >= 4 is 40.3 Å². The summed E-state index contributed by atoms with van der Waals surface area (Å²) < 4.78 is 48.5. The van der Waals surface area contributed by atoms with Gasteiger partial charge in [-0.2, -0.15) is 10.2 Å². The lowest BCUT2D eigenvalue weighted by Crippen LogP contribution is -2.31. The van der Waals surface area contributed by atoms with Crippen LogP contribution >= 0.6 is 17.3 Å². The van der Waals surface area contributed by atoms with Gasteiger partial charge in [-0.15, -0.1) is 9.42 Å². The molecule has 0 saturated carbocycles. The van der Waals surface area contributed by atoms with E-state index in [1.807, 2.05) is 6.07 Å². The van der Waals surface area contributed by atoms with Crippen LogP contribution < -0.4 is 10.9 Å². The highest BCUT2D eigenvalue weighted by Crippen LogP contribution is 2.39. The number of H-pyrrole nitrogens is 1. The zero-order valence-corrected chi connectivity index (χ0v) is 19.9. The van der Waals surface area contributed by atoms with Crippen LogP contribution in [0.25, 0.3) is 11.2 Å². The second-order valence-electron chi connectivity index (χ2n) is 7.35. The number of aromatic amines is 1. The van der Waals surface area contributed by atoms with Crippen molar-refractivity contribution in [3.8, 4) is 6.07 Å². The number of carbonyl (C=O) groups is 1. The minimum Gasteiger partial charge on any atom is -0.346 e. The van der Waals surface area contributed by atoms with Crippen LogP contribution in [0.2, 0.25) is 0 Å². The maximum atomic E-state index is 15.1. The van der Waals surface area contributed by atoms with E-state index < -0.39 is 53.4 Å². The topological polar surface area (TPSA) is 191 Å². The van der Waals surface area contributed by atoms with Crippen molar-refractivity contribution in [1.82, 2.24) is 19.5 Å². The molecule has 0 spiro atoms. The third kappa shape index (κ3) is 6.17. The number of hydrogen-bond donors (Lipinski definition) is 3. The average Bonchev–Trinajstić information content (AvgIpc) is 3.32. The van der Waals surface area contributed by atoms with Gasteiger partial charge in [0.1, 0.15) is 6.10 Å². The standard InChI is InChI=1S/C17H21FN6O8P2/c1-8(2)14(25)22-17-21-13-11(15(26)23-17)20-7-24(13)16-12(32-34(27)28)10(18)9(31-16)6-30-33-29-5-3-4-19/h7-10,12,16,33H,3,5-6H2,1-2H3,(H2-,21,22,23,25,26,27,28)/p+1/t9-,10-,12-,16-/m1/s1. The van der Waals surface area contributed by atoms with Gasteiger partial charge >= 0.3 is 8.25 Å². The van der Waals surface area contributed by atoms with E-state index >= 15 is 4.39 Å². The fraction of sp³-hybridized carbons (Fsp3) is 0.588. The van der Waals surface area contributed by atoms with Crippen LogP contribution in [0.5, 0.6) is 0 Å². The monoisotopic (exact) mass is 519 g/mol. The first-order chi connectivity index (χ1) is 16.2. The van der Waals surface area contributed by atoms with Crippen LogP contribution in [0, 0.1) is 17.2 Å². The molecule has 1 aliphatic heterocycles. The molecule has 0 aliphatic carbocycles. The van der Waals surface area contributed by atoms with Gasteiger partial charge in [-0.25, -0.2) is 9.37 Å². The molecular weight excluding hydrogens is 497 g/mol. The molecule has 1 saturated heterocycles. The first kappa shape index (κ1) is 26.2. The molecule has 34 heavy (non-hydrogen) atoms. The third-order valence-corrected chi connectivity index (χ3v) is 5.66. The summed E-state index contributed by atoms with van der Waals surface area (Å²) >= 11 is 0. The van der Waals surface area contributed by atoms with Crippen molar-refractivity contribution in [3.05, 3.63) is 16.7 Å². The number of hydrogen-bond acceptors (Lipinski definition) is 10. The SMILES string of the molecule is CC(C)C(=O)Nc1nc2c(ncn2[C@@H]2O[C@H](COPOCCC#N)[C@@H](F)[C@H]2O[P+](=O)O)c(=O)[nH]1. The number of aromatic nitrogens is 4. The molecule has 1 aliphatic rings. The number of halogens is 1. The molecule has 6 atom stereocenters. The molecule has 0 bridgehead atoms. The molecule has 17 heteroatoms. The second kappa shape index (κ2) is 11.8. The molecule has 14 nitrogen and oxygen atoms in total. The van der Waals surface area contributed by atoms with Gasteiger partial charge in [-0.1, -0.05) is 13.8 Å². The number of nitrogens with zero attached hydrogens (tertiary/aromatic N) is 4.